The molecule has 2 heterocycles. The summed E-state index contributed by atoms with van der Waals surface area (Å²) in [4.78, 5) is 11.8. The van der Waals surface area contributed by atoms with E-state index < -0.39 is 0 Å². The summed E-state index contributed by atoms with van der Waals surface area (Å²) in [7, 11) is 0. The Hall–Kier alpha value is -0.810. The number of furan rings is 1. The molecule has 1 aromatic rings. The van der Waals surface area contributed by atoms with Crippen molar-refractivity contribution in [3.63, 3.8) is 0 Å². The molecule has 1 aromatic heterocycles. The van der Waals surface area contributed by atoms with E-state index in [9.17, 15) is 4.79 Å². The maximum absolute atomic E-state index is 11.8. The molecular weight excluding hydrogens is 284 g/mol. The van der Waals surface area contributed by atoms with Gasteiger partial charge >= 0.3 is 0 Å². The van der Waals surface area contributed by atoms with Crippen molar-refractivity contribution in [3.05, 3.63) is 22.6 Å². The Balaban J connectivity index is 1.97. The van der Waals surface area contributed by atoms with E-state index in [0.29, 0.717) is 4.67 Å². The van der Waals surface area contributed by atoms with E-state index >= 15 is 0 Å². The summed E-state index contributed by atoms with van der Waals surface area (Å²) in [5.41, 5.74) is 0. The fourth-order valence-corrected chi connectivity index (χ4v) is 2.36. The topological polar surface area (TPSA) is 54.3 Å². The molecule has 2 rings (SSSR count). The lowest BCUT2D eigenvalue weighted by molar-refractivity contribution is -0.123. The molecule has 0 bridgehead atoms. The highest BCUT2D eigenvalue weighted by Gasteiger charge is 2.23. The minimum absolute atomic E-state index is 0.0372. The fourth-order valence-electron chi connectivity index (χ4n) is 2.04. The number of hydrogen-bond donors (Lipinski definition) is 2. The molecule has 4 nitrogen and oxygen atoms in total. The average Bonchev–Trinajstić information content (AvgIpc) is 2.63. The van der Waals surface area contributed by atoms with Crippen molar-refractivity contribution in [2.75, 3.05) is 6.54 Å². The third-order valence-corrected chi connectivity index (χ3v) is 3.43. The maximum Gasteiger partial charge on any atom is 0.237 e. The second-order valence-electron chi connectivity index (χ2n) is 4.37. The van der Waals surface area contributed by atoms with E-state index in [-0.39, 0.29) is 18.0 Å². The summed E-state index contributed by atoms with van der Waals surface area (Å²) in [6.45, 7) is 2.79. The highest BCUT2D eigenvalue weighted by Crippen LogP contribution is 2.21. The zero-order chi connectivity index (χ0) is 12.3. The summed E-state index contributed by atoms with van der Waals surface area (Å²) in [6, 6.07) is 3.70. The van der Waals surface area contributed by atoms with Crippen LogP contribution in [0.25, 0.3) is 0 Å². The van der Waals surface area contributed by atoms with Crippen LogP contribution in [0.15, 0.2) is 21.2 Å². The first kappa shape index (κ1) is 12.6. The van der Waals surface area contributed by atoms with Crippen molar-refractivity contribution < 1.29 is 9.21 Å². The van der Waals surface area contributed by atoms with Crippen LogP contribution >= 0.6 is 15.9 Å². The van der Waals surface area contributed by atoms with E-state index in [1.54, 1.807) is 0 Å². The number of rotatable bonds is 3. The van der Waals surface area contributed by atoms with Gasteiger partial charge in [-0.05, 0) is 54.2 Å². The lowest BCUT2D eigenvalue weighted by Gasteiger charge is -2.19. The molecular formula is C12H17BrN2O2. The van der Waals surface area contributed by atoms with Gasteiger partial charge in [-0.25, -0.2) is 0 Å². The molecule has 2 unspecified atom stereocenters. The molecule has 5 heteroatoms. The lowest BCUT2D eigenvalue weighted by atomic mass is 10.1. The predicted octanol–water partition coefficient (Wildman–Crippen LogP) is 2.36. The molecule has 1 aliphatic rings. The van der Waals surface area contributed by atoms with Gasteiger partial charge in [-0.1, -0.05) is 0 Å². The van der Waals surface area contributed by atoms with Crippen LogP contribution in [-0.4, -0.2) is 18.5 Å². The van der Waals surface area contributed by atoms with Gasteiger partial charge in [0.15, 0.2) is 4.67 Å². The van der Waals surface area contributed by atoms with Crippen LogP contribution in [-0.2, 0) is 4.79 Å². The second kappa shape index (κ2) is 5.69. The highest BCUT2D eigenvalue weighted by molar-refractivity contribution is 9.10. The maximum atomic E-state index is 11.8. The van der Waals surface area contributed by atoms with Crippen molar-refractivity contribution in [1.29, 1.82) is 0 Å². The Kier molecular flexibility index (Phi) is 4.23. The molecule has 1 aliphatic heterocycles. The van der Waals surface area contributed by atoms with Crippen molar-refractivity contribution >= 4 is 21.8 Å². The van der Waals surface area contributed by atoms with Crippen molar-refractivity contribution in [2.45, 2.75) is 38.3 Å². The molecule has 94 valence electrons. The molecule has 2 atom stereocenters. The molecule has 2 N–H and O–H groups in total. The zero-order valence-electron chi connectivity index (χ0n) is 9.83. The molecule has 1 fully saturated rings. The summed E-state index contributed by atoms with van der Waals surface area (Å²) >= 11 is 3.28. The van der Waals surface area contributed by atoms with Gasteiger partial charge in [0.25, 0.3) is 0 Å². The third-order valence-electron chi connectivity index (χ3n) is 3.01. The molecule has 0 spiro atoms. The summed E-state index contributed by atoms with van der Waals surface area (Å²) in [5.74, 6) is 0.939. The molecule has 1 saturated heterocycles. The largest absolute Gasteiger partial charge is 0.453 e. The Bertz CT molecular complexity index is 392. The van der Waals surface area contributed by atoms with Gasteiger partial charge in [0, 0.05) is 6.54 Å². The van der Waals surface area contributed by atoms with Crippen molar-refractivity contribution in [2.24, 2.45) is 0 Å². The quantitative estimate of drug-likeness (QED) is 0.901. The standard InChI is InChI=1S/C12H17BrN2O2/c1-8(10-5-6-11(13)17-10)15-9-4-2-3-7-14-12(9)16/h5-6,8-9,15H,2-4,7H2,1H3,(H,14,16). The smallest absolute Gasteiger partial charge is 0.237 e. The Morgan fingerprint density at radius 2 is 2.35 bits per heavy atom. The van der Waals surface area contributed by atoms with Gasteiger partial charge in [-0.15, -0.1) is 0 Å². The zero-order valence-corrected chi connectivity index (χ0v) is 11.4. The van der Waals surface area contributed by atoms with E-state index in [2.05, 4.69) is 26.6 Å². The Morgan fingerprint density at radius 3 is 3.06 bits per heavy atom. The van der Waals surface area contributed by atoms with Gasteiger partial charge in [0.05, 0.1) is 12.1 Å². The number of halogens is 1. The van der Waals surface area contributed by atoms with Crippen LogP contribution in [0.5, 0.6) is 0 Å². The summed E-state index contributed by atoms with van der Waals surface area (Å²) in [6.07, 6.45) is 3.02. The van der Waals surface area contributed by atoms with Crippen molar-refractivity contribution in [3.8, 4) is 0 Å². The van der Waals surface area contributed by atoms with Crippen LogP contribution in [0.1, 0.15) is 38.0 Å². The first-order valence-electron chi connectivity index (χ1n) is 5.96. The third kappa shape index (κ3) is 3.33. The molecule has 0 radical (unpaired) electrons. The van der Waals surface area contributed by atoms with Gasteiger partial charge in [-0.3, -0.25) is 10.1 Å². The minimum atomic E-state index is -0.114. The van der Waals surface area contributed by atoms with Crippen LogP contribution < -0.4 is 10.6 Å². The van der Waals surface area contributed by atoms with Crippen LogP contribution in [0.4, 0.5) is 0 Å². The van der Waals surface area contributed by atoms with E-state index in [4.69, 9.17) is 4.42 Å². The van der Waals surface area contributed by atoms with Gasteiger partial charge in [-0.2, -0.15) is 0 Å². The minimum Gasteiger partial charge on any atom is -0.453 e. The predicted molar refractivity (Wildman–Crippen MR) is 68.6 cm³/mol. The summed E-state index contributed by atoms with van der Waals surface area (Å²) in [5, 5.41) is 6.23. The number of carbonyl (C=O) groups excluding carboxylic acids is 1. The van der Waals surface area contributed by atoms with Crippen LogP contribution in [0, 0.1) is 0 Å². The average molecular weight is 301 g/mol. The monoisotopic (exact) mass is 300 g/mol. The van der Waals surface area contributed by atoms with Gasteiger partial charge in [0.1, 0.15) is 5.76 Å². The number of nitrogens with one attached hydrogen (secondary N) is 2. The Labute approximate surface area is 109 Å². The molecule has 0 aliphatic carbocycles. The molecule has 1 amide bonds. The first-order chi connectivity index (χ1) is 8.16. The summed E-state index contributed by atoms with van der Waals surface area (Å²) < 4.78 is 6.19. The van der Waals surface area contributed by atoms with Crippen molar-refractivity contribution in [1.82, 2.24) is 10.6 Å². The SMILES string of the molecule is CC(NC1CCCCNC1=O)c1ccc(Br)o1. The van der Waals surface area contributed by atoms with Gasteiger partial charge < -0.3 is 9.73 Å². The molecule has 0 saturated carbocycles. The van der Waals surface area contributed by atoms with Crippen LogP contribution in [0.2, 0.25) is 0 Å². The normalized spacial score (nSPS) is 22.9. The first-order valence-corrected chi connectivity index (χ1v) is 6.75. The lowest BCUT2D eigenvalue weighted by Crippen LogP contribution is -2.43. The van der Waals surface area contributed by atoms with Gasteiger partial charge in [0.2, 0.25) is 5.91 Å². The Morgan fingerprint density at radius 1 is 1.53 bits per heavy atom. The number of amides is 1. The molecule has 17 heavy (non-hydrogen) atoms. The van der Waals surface area contributed by atoms with E-state index in [0.717, 1.165) is 31.6 Å². The number of hydrogen-bond acceptors (Lipinski definition) is 3. The highest BCUT2D eigenvalue weighted by atomic mass is 79.9. The van der Waals surface area contributed by atoms with E-state index in [1.165, 1.54) is 0 Å². The second-order valence-corrected chi connectivity index (χ2v) is 5.15. The van der Waals surface area contributed by atoms with E-state index in [1.807, 2.05) is 19.1 Å². The number of carbonyl (C=O) groups is 1. The molecule has 0 aromatic carbocycles. The fraction of sp³-hybridized carbons (Fsp3) is 0.583. The van der Waals surface area contributed by atoms with Crippen LogP contribution in [0.3, 0.4) is 0 Å².